The summed E-state index contributed by atoms with van der Waals surface area (Å²) >= 11 is 0. The van der Waals surface area contributed by atoms with E-state index in [4.69, 9.17) is 18.9 Å². The van der Waals surface area contributed by atoms with Gasteiger partial charge in [-0.1, -0.05) is 33.8 Å². The topological polar surface area (TPSA) is 57.2 Å². The number of hydrogen-bond donors (Lipinski definition) is 1. The van der Waals surface area contributed by atoms with Crippen LogP contribution in [0.4, 0.5) is 0 Å². The van der Waals surface area contributed by atoms with Crippen molar-refractivity contribution in [3.05, 3.63) is 12.7 Å². The summed E-state index contributed by atoms with van der Waals surface area (Å²) in [5, 5.41) is 10.6. The Bertz CT molecular complexity index is 539. The van der Waals surface area contributed by atoms with Gasteiger partial charge in [-0.3, -0.25) is 0 Å². The van der Waals surface area contributed by atoms with E-state index in [9.17, 15) is 5.11 Å². The van der Waals surface area contributed by atoms with Crippen molar-refractivity contribution in [2.24, 2.45) is 23.2 Å². The van der Waals surface area contributed by atoms with Gasteiger partial charge in [-0.15, -0.1) is 6.58 Å². The van der Waals surface area contributed by atoms with Crippen molar-refractivity contribution in [1.82, 2.24) is 0 Å². The molecule has 0 aliphatic carbocycles. The lowest BCUT2D eigenvalue weighted by Gasteiger charge is -2.48. The second kappa shape index (κ2) is 12.9. The Morgan fingerprint density at radius 1 is 0.844 bits per heavy atom. The van der Waals surface area contributed by atoms with E-state index in [1.807, 2.05) is 0 Å². The van der Waals surface area contributed by atoms with Crippen molar-refractivity contribution in [2.75, 3.05) is 33.0 Å². The molecule has 0 rings (SSSR count). The Morgan fingerprint density at radius 2 is 1.38 bits per heavy atom. The molecule has 0 aromatic rings. The van der Waals surface area contributed by atoms with Gasteiger partial charge in [0, 0.05) is 22.8 Å². The summed E-state index contributed by atoms with van der Waals surface area (Å²) in [7, 11) is 4.26. The van der Waals surface area contributed by atoms with Crippen LogP contribution in [0.2, 0.25) is 0 Å². The van der Waals surface area contributed by atoms with Crippen LogP contribution in [0.5, 0.6) is 0 Å². The monoisotopic (exact) mass is 454 g/mol. The summed E-state index contributed by atoms with van der Waals surface area (Å²) in [6.45, 7) is 26.9. The minimum absolute atomic E-state index is 0.135. The highest BCUT2D eigenvalue weighted by atomic mass is 16.5. The maximum absolute atomic E-state index is 10.6. The van der Waals surface area contributed by atoms with E-state index in [0.29, 0.717) is 39.0 Å². The highest BCUT2D eigenvalue weighted by Gasteiger charge is 2.45. The lowest BCUT2D eigenvalue weighted by molar-refractivity contribution is -0.149. The van der Waals surface area contributed by atoms with Gasteiger partial charge in [0.05, 0.1) is 44.7 Å². The summed E-state index contributed by atoms with van der Waals surface area (Å²) in [5.74, 6) is 0.388. The smallest absolute Gasteiger partial charge is 0.143 e. The van der Waals surface area contributed by atoms with Crippen molar-refractivity contribution in [3.63, 3.8) is 0 Å². The summed E-state index contributed by atoms with van der Waals surface area (Å²) in [4.78, 5) is 0. The van der Waals surface area contributed by atoms with Gasteiger partial charge in [0.2, 0.25) is 0 Å². The first kappa shape index (κ1) is 31.7. The average Bonchev–Trinajstić information content (AvgIpc) is 2.62. The van der Waals surface area contributed by atoms with Crippen LogP contribution >= 0.6 is 0 Å². The molecule has 0 fully saturated rings. The maximum Gasteiger partial charge on any atom is 0.143 e. The Kier molecular flexibility index (Phi) is 12.8. The molecule has 188 valence electrons. The SMILES string of the molecule is BC(C)(OCC(COC(C)C)C(C)(C)C(B)(C)OCC(COCC=C)C(C)(C)O)C(C)C. The fraction of sp³-hybridized carbons (Fsp3) is 0.920. The number of ether oxygens (including phenoxy) is 4. The molecule has 0 heterocycles. The van der Waals surface area contributed by atoms with Crippen LogP contribution in [-0.2, 0) is 18.9 Å². The third-order valence-corrected chi connectivity index (χ3v) is 7.45. The summed E-state index contributed by atoms with van der Waals surface area (Å²) < 4.78 is 24.6. The van der Waals surface area contributed by atoms with Crippen LogP contribution < -0.4 is 0 Å². The maximum atomic E-state index is 10.6. The molecule has 0 amide bonds. The molecule has 5 nitrogen and oxygen atoms in total. The molecule has 1 N–H and O–H groups in total. The predicted octanol–water partition coefficient (Wildman–Crippen LogP) is 3.03. The van der Waals surface area contributed by atoms with Crippen molar-refractivity contribution < 1.29 is 24.1 Å². The van der Waals surface area contributed by atoms with E-state index in [1.165, 1.54) is 0 Å². The zero-order valence-electron chi connectivity index (χ0n) is 23.2. The van der Waals surface area contributed by atoms with Crippen molar-refractivity contribution in [2.45, 2.75) is 91.9 Å². The van der Waals surface area contributed by atoms with Crippen LogP contribution in [0.3, 0.4) is 0 Å². The minimum atomic E-state index is -0.911. The predicted molar refractivity (Wildman–Crippen MR) is 140 cm³/mol. The fourth-order valence-electron chi connectivity index (χ4n) is 2.99. The molecule has 4 unspecified atom stereocenters. The van der Waals surface area contributed by atoms with Crippen LogP contribution in [-0.4, -0.2) is 76.5 Å². The molecule has 0 saturated heterocycles. The van der Waals surface area contributed by atoms with E-state index >= 15 is 0 Å². The molecule has 4 atom stereocenters. The standard InChI is InChI=1S/C25H52B2O5/c1-12-13-29-14-21(23(8,9)28)17-32-25(11,27)22(6,7)20(15-30-19(4)5)16-31-24(10,26)18(2)3/h12,18-21,28H,1,13-17,26-27H2,2-11H3. The van der Waals surface area contributed by atoms with Gasteiger partial charge in [0.25, 0.3) is 0 Å². The quantitative estimate of drug-likeness (QED) is 0.208. The van der Waals surface area contributed by atoms with E-state index in [-0.39, 0.29) is 28.9 Å². The average molecular weight is 454 g/mol. The van der Waals surface area contributed by atoms with E-state index in [2.05, 4.69) is 77.7 Å². The molecule has 0 spiro atoms. The van der Waals surface area contributed by atoms with Gasteiger partial charge < -0.3 is 24.1 Å². The van der Waals surface area contributed by atoms with Crippen LogP contribution in [0.1, 0.15) is 69.2 Å². The third-order valence-electron chi connectivity index (χ3n) is 7.45. The molecule has 32 heavy (non-hydrogen) atoms. The normalized spacial score (nSPS) is 18.9. The van der Waals surface area contributed by atoms with Crippen LogP contribution in [0.15, 0.2) is 12.7 Å². The highest BCUT2D eigenvalue weighted by Crippen LogP contribution is 2.41. The fourth-order valence-corrected chi connectivity index (χ4v) is 2.99. The lowest BCUT2D eigenvalue weighted by atomic mass is 9.58. The zero-order chi connectivity index (χ0) is 25.4. The Morgan fingerprint density at radius 3 is 1.81 bits per heavy atom. The first-order valence-corrected chi connectivity index (χ1v) is 12.2. The Hall–Kier alpha value is -0.330. The van der Waals surface area contributed by atoms with Crippen molar-refractivity contribution in [3.8, 4) is 0 Å². The molecular weight excluding hydrogens is 402 g/mol. The third kappa shape index (κ3) is 10.3. The summed E-state index contributed by atoms with van der Waals surface area (Å²) in [6, 6.07) is 0. The zero-order valence-corrected chi connectivity index (χ0v) is 23.2. The molecule has 0 aromatic heterocycles. The molecule has 0 bridgehead atoms. The van der Waals surface area contributed by atoms with Crippen LogP contribution in [0.25, 0.3) is 0 Å². The molecule has 0 aliphatic heterocycles. The van der Waals surface area contributed by atoms with Gasteiger partial charge in [0.1, 0.15) is 15.7 Å². The van der Waals surface area contributed by atoms with Crippen LogP contribution in [0, 0.1) is 23.2 Å². The summed E-state index contributed by atoms with van der Waals surface area (Å²) in [5.41, 5.74) is -1.86. The minimum Gasteiger partial charge on any atom is -0.390 e. The molecule has 0 saturated carbocycles. The van der Waals surface area contributed by atoms with Gasteiger partial charge >= 0.3 is 0 Å². The molecule has 0 aromatic carbocycles. The number of rotatable bonds is 17. The molecule has 7 heteroatoms. The Balaban J connectivity index is 5.51. The first-order chi connectivity index (χ1) is 14.4. The Labute approximate surface area is 200 Å². The highest BCUT2D eigenvalue weighted by molar-refractivity contribution is 6.15. The number of hydrogen-bond acceptors (Lipinski definition) is 5. The molecular formula is C25H52B2O5. The molecule has 0 aliphatic rings. The lowest BCUT2D eigenvalue weighted by Crippen LogP contribution is -2.54. The second-order valence-electron chi connectivity index (χ2n) is 11.9. The van der Waals surface area contributed by atoms with Gasteiger partial charge in [-0.25, -0.2) is 0 Å². The van der Waals surface area contributed by atoms with Gasteiger partial charge in [-0.05, 0) is 52.9 Å². The molecule has 0 radical (unpaired) electrons. The first-order valence-electron chi connectivity index (χ1n) is 12.2. The van der Waals surface area contributed by atoms with Gasteiger partial charge in [-0.2, -0.15) is 0 Å². The number of aliphatic hydroxyl groups is 1. The van der Waals surface area contributed by atoms with Gasteiger partial charge in [0.15, 0.2) is 0 Å². The largest absolute Gasteiger partial charge is 0.390 e. The van der Waals surface area contributed by atoms with E-state index in [1.54, 1.807) is 19.9 Å². The van der Waals surface area contributed by atoms with E-state index < -0.39 is 11.1 Å². The van der Waals surface area contributed by atoms with Crippen molar-refractivity contribution >= 4 is 15.7 Å². The van der Waals surface area contributed by atoms with Crippen molar-refractivity contribution in [1.29, 1.82) is 0 Å². The van der Waals surface area contributed by atoms with E-state index in [0.717, 1.165) is 0 Å². The second-order valence-corrected chi connectivity index (χ2v) is 11.9. The summed E-state index contributed by atoms with van der Waals surface area (Å²) in [6.07, 6.45) is 1.87.